The molecule has 3 rings (SSSR count). The number of hydrogen-bond acceptors (Lipinski definition) is 1. The third kappa shape index (κ3) is 4.35. The summed E-state index contributed by atoms with van der Waals surface area (Å²) in [4.78, 5) is 12.2. The van der Waals surface area contributed by atoms with Crippen molar-refractivity contribution in [3.63, 3.8) is 0 Å². The first-order valence-electron chi connectivity index (χ1n) is 8.31. The molecule has 0 saturated heterocycles. The molecule has 2 nitrogen and oxygen atoms in total. The van der Waals surface area contributed by atoms with E-state index >= 15 is 0 Å². The van der Waals surface area contributed by atoms with Crippen LogP contribution in [0.3, 0.4) is 0 Å². The van der Waals surface area contributed by atoms with Crippen molar-refractivity contribution >= 4 is 17.5 Å². The average molecular weight is 328 g/mol. The molecule has 0 radical (unpaired) electrons. The fourth-order valence-electron chi connectivity index (χ4n) is 3.39. The van der Waals surface area contributed by atoms with E-state index in [0.717, 1.165) is 6.54 Å². The SMILES string of the molecule is O=C(NCC1CCC(c2ccccc2)CC1)c1cccc(Cl)c1. The van der Waals surface area contributed by atoms with E-state index in [1.165, 1.54) is 31.2 Å². The van der Waals surface area contributed by atoms with Crippen LogP contribution < -0.4 is 5.32 Å². The number of hydrogen-bond donors (Lipinski definition) is 1. The van der Waals surface area contributed by atoms with E-state index in [9.17, 15) is 4.79 Å². The van der Waals surface area contributed by atoms with E-state index in [1.807, 2.05) is 6.07 Å². The van der Waals surface area contributed by atoms with Gasteiger partial charge in [-0.2, -0.15) is 0 Å². The molecule has 0 heterocycles. The Morgan fingerprint density at radius 3 is 2.43 bits per heavy atom. The van der Waals surface area contributed by atoms with E-state index in [1.54, 1.807) is 18.2 Å². The van der Waals surface area contributed by atoms with Gasteiger partial charge in [0.25, 0.3) is 5.91 Å². The zero-order valence-electron chi connectivity index (χ0n) is 13.2. The normalized spacial score (nSPS) is 20.9. The summed E-state index contributed by atoms with van der Waals surface area (Å²) < 4.78 is 0. The summed E-state index contributed by atoms with van der Waals surface area (Å²) in [6, 6.07) is 17.9. The molecular weight excluding hydrogens is 306 g/mol. The lowest BCUT2D eigenvalue weighted by atomic mass is 9.78. The van der Waals surface area contributed by atoms with Gasteiger partial charge in [0.15, 0.2) is 0 Å². The molecule has 0 spiro atoms. The Hall–Kier alpha value is -1.80. The Morgan fingerprint density at radius 1 is 1.00 bits per heavy atom. The lowest BCUT2D eigenvalue weighted by Crippen LogP contribution is -2.31. The van der Waals surface area contributed by atoms with Gasteiger partial charge in [0.2, 0.25) is 0 Å². The number of amides is 1. The smallest absolute Gasteiger partial charge is 0.251 e. The standard InChI is InChI=1S/C20H22ClNO/c21-19-8-4-7-18(13-19)20(23)22-14-15-9-11-17(12-10-15)16-5-2-1-3-6-16/h1-8,13,15,17H,9-12,14H2,(H,22,23). The van der Waals surface area contributed by atoms with Crippen LogP contribution in [0.4, 0.5) is 0 Å². The van der Waals surface area contributed by atoms with E-state index in [0.29, 0.717) is 22.4 Å². The molecule has 1 aliphatic carbocycles. The first-order valence-corrected chi connectivity index (χ1v) is 8.69. The fraction of sp³-hybridized carbons (Fsp3) is 0.350. The molecule has 0 aromatic heterocycles. The minimum atomic E-state index is -0.0299. The third-order valence-electron chi connectivity index (χ3n) is 4.76. The molecule has 0 bridgehead atoms. The van der Waals surface area contributed by atoms with Gasteiger partial charge in [-0.15, -0.1) is 0 Å². The second kappa shape index (κ2) is 7.65. The quantitative estimate of drug-likeness (QED) is 0.837. The summed E-state index contributed by atoms with van der Waals surface area (Å²) >= 11 is 5.93. The Morgan fingerprint density at radius 2 is 1.74 bits per heavy atom. The minimum absolute atomic E-state index is 0.0299. The molecule has 0 unspecified atom stereocenters. The van der Waals surface area contributed by atoms with Crippen LogP contribution in [-0.2, 0) is 0 Å². The molecule has 1 amide bonds. The second-order valence-electron chi connectivity index (χ2n) is 6.35. The van der Waals surface area contributed by atoms with Crippen LogP contribution >= 0.6 is 11.6 Å². The molecule has 120 valence electrons. The topological polar surface area (TPSA) is 29.1 Å². The number of halogens is 1. The molecule has 0 aliphatic heterocycles. The highest BCUT2D eigenvalue weighted by atomic mass is 35.5. The maximum Gasteiger partial charge on any atom is 0.251 e. The highest BCUT2D eigenvalue weighted by Crippen LogP contribution is 2.35. The van der Waals surface area contributed by atoms with E-state index in [2.05, 4.69) is 35.6 Å². The summed E-state index contributed by atoms with van der Waals surface area (Å²) in [5.41, 5.74) is 2.09. The fourth-order valence-corrected chi connectivity index (χ4v) is 3.58. The number of benzene rings is 2. The van der Waals surface area contributed by atoms with Crippen LogP contribution in [0.25, 0.3) is 0 Å². The Labute approximate surface area is 142 Å². The van der Waals surface area contributed by atoms with Crippen molar-refractivity contribution in [3.05, 3.63) is 70.7 Å². The summed E-state index contributed by atoms with van der Waals surface area (Å²) in [6.07, 6.45) is 4.77. The van der Waals surface area contributed by atoms with Gasteiger partial charge in [-0.05, 0) is 61.3 Å². The summed E-state index contributed by atoms with van der Waals surface area (Å²) in [5, 5.41) is 3.65. The number of rotatable bonds is 4. The predicted octanol–water partition coefficient (Wildman–Crippen LogP) is 5.04. The molecule has 2 aromatic carbocycles. The lowest BCUT2D eigenvalue weighted by Gasteiger charge is -2.29. The second-order valence-corrected chi connectivity index (χ2v) is 6.79. The Bertz CT molecular complexity index is 648. The van der Waals surface area contributed by atoms with Gasteiger partial charge in [-0.3, -0.25) is 4.79 Å². The van der Waals surface area contributed by atoms with E-state index in [4.69, 9.17) is 11.6 Å². The maximum atomic E-state index is 12.2. The zero-order chi connectivity index (χ0) is 16.1. The Kier molecular flexibility index (Phi) is 5.35. The monoisotopic (exact) mass is 327 g/mol. The van der Waals surface area contributed by atoms with Crippen molar-refractivity contribution in [3.8, 4) is 0 Å². The first kappa shape index (κ1) is 16.1. The zero-order valence-corrected chi connectivity index (χ0v) is 13.9. The molecule has 3 heteroatoms. The van der Waals surface area contributed by atoms with Crippen molar-refractivity contribution in [2.75, 3.05) is 6.54 Å². The van der Waals surface area contributed by atoms with Gasteiger partial charge in [-0.25, -0.2) is 0 Å². The van der Waals surface area contributed by atoms with Crippen molar-refractivity contribution < 1.29 is 4.79 Å². The van der Waals surface area contributed by atoms with Crippen LogP contribution in [-0.4, -0.2) is 12.5 Å². The number of carbonyl (C=O) groups excluding carboxylic acids is 1. The van der Waals surface area contributed by atoms with Crippen molar-refractivity contribution in [2.45, 2.75) is 31.6 Å². The third-order valence-corrected chi connectivity index (χ3v) is 4.99. The Balaban J connectivity index is 1.47. The molecule has 23 heavy (non-hydrogen) atoms. The van der Waals surface area contributed by atoms with Gasteiger partial charge in [0, 0.05) is 17.1 Å². The maximum absolute atomic E-state index is 12.2. The van der Waals surface area contributed by atoms with E-state index in [-0.39, 0.29) is 5.91 Å². The highest BCUT2D eigenvalue weighted by molar-refractivity contribution is 6.30. The molecule has 2 aromatic rings. The van der Waals surface area contributed by atoms with Gasteiger partial charge < -0.3 is 5.32 Å². The van der Waals surface area contributed by atoms with Gasteiger partial charge >= 0.3 is 0 Å². The van der Waals surface area contributed by atoms with E-state index < -0.39 is 0 Å². The van der Waals surface area contributed by atoms with Crippen LogP contribution in [0.5, 0.6) is 0 Å². The summed E-state index contributed by atoms with van der Waals surface area (Å²) in [6.45, 7) is 0.757. The molecule has 1 fully saturated rings. The molecule has 0 atom stereocenters. The average Bonchev–Trinajstić information content (AvgIpc) is 2.61. The molecule has 1 saturated carbocycles. The van der Waals surface area contributed by atoms with Gasteiger partial charge in [0.1, 0.15) is 0 Å². The predicted molar refractivity (Wildman–Crippen MR) is 94.9 cm³/mol. The van der Waals surface area contributed by atoms with Crippen LogP contribution in [0.2, 0.25) is 5.02 Å². The van der Waals surface area contributed by atoms with Gasteiger partial charge in [0.05, 0.1) is 0 Å². The molecule has 1 N–H and O–H groups in total. The van der Waals surface area contributed by atoms with Crippen LogP contribution in [0.15, 0.2) is 54.6 Å². The van der Waals surface area contributed by atoms with Crippen molar-refractivity contribution in [1.29, 1.82) is 0 Å². The first-order chi connectivity index (χ1) is 11.2. The lowest BCUT2D eigenvalue weighted by molar-refractivity contribution is 0.0943. The van der Waals surface area contributed by atoms with Crippen LogP contribution in [0, 0.1) is 5.92 Å². The van der Waals surface area contributed by atoms with Crippen molar-refractivity contribution in [1.82, 2.24) is 5.32 Å². The summed E-state index contributed by atoms with van der Waals surface area (Å²) in [7, 11) is 0. The summed E-state index contributed by atoms with van der Waals surface area (Å²) in [5.74, 6) is 1.23. The number of carbonyl (C=O) groups is 1. The molecule has 1 aliphatic rings. The van der Waals surface area contributed by atoms with Crippen LogP contribution in [0.1, 0.15) is 47.5 Å². The van der Waals surface area contributed by atoms with Gasteiger partial charge in [-0.1, -0.05) is 48.0 Å². The number of nitrogens with one attached hydrogen (secondary N) is 1. The largest absolute Gasteiger partial charge is 0.352 e. The molecular formula is C20H22ClNO. The highest BCUT2D eigenvalue weighted by Gasteiger charge is 2.22. The minimum Gasteiger partial charge on any atom is -0.352 e. The van der Waals surface area contributed by atoms with Crippen molar-refractivity contribution in [2.24, 2.45) is 5.92 Å².